The summed E-state index contributed by atoms with van der Waals surface area (Å²) < 4.78 is 0. The maximum atomic E-state index is 11.3. The van der Waals surface area contributed by atoms with Crippen molar-refractivity contribution >= 4 is 59.9 Å². The second kappa shape index (κ2) is 6.94. The molecule has 0 bridgehead atoms. The number of hydrogen-bond donors (Lipinski definition) is 4. The average Bonchev–Trinajstić information content (AvgIpc) is 2.09. The highest BCUT2D eigenvalue weighted by Gasteiger charge is 2.15. The van der Waals surface area contributed by atoms with Crippen LogP contribution in [-0.4, -0.2) is 21.8 Å². The highest BCUT2D eigenvalue weighted by Crippen LogP contribution is 2.17. The van der Waals surface area contributed by atoms with Gasteiger partial charge in [-0.1, -0.05) is 11.6 Å². The summed E-state index contributed by atoms with van der Waals surface area (Å²) >= 11 is 5.55. The summed E-state index contributed by atoms with van der Waals surface area (Å²) in [6.07, 6.45) is 0. The van der Waals surface area contributed by atoms with E-state index in [1.807, 2.05) is 0 Å². The molecular formula is C6H10Cl3N7O. The van der Waals surface area contributed by atoms with E-state index in [0.29, 0.717) is 0 Å². The van der Waals surface area contributed by atoms with Gasteiger partial charge in [-0.15, -0.1) is 24.8 Å². The number of nitrogens with zero attached hydrogens (tertiary/aromatic N) is 3. The highest BCUT2D eigenvalue weighted by atomic mass is 35.5. The molecule has 0 atom stereocenters. The summed E-state index contributed by atoms with van der Waals surface area (Å²) in [5.74, 6) is -1.50. The zero-order chi connectivity index (χ0) is 11.6. The summed E-state index contributed by atoms with van der Waals surface area (Å²) in [5, 5.41) is -0.140. The van der Waals surface area contributed by atoms with Gasteiger partial charge in [0.2, 0.25) is 0 Å². The Morgan fingerprint density at radius 1 is 1.12 bits per heavy atom. The molecule has 0 aliphatic carbocycles. The lowest BCUT2D eigenvalue weighted by Crippen LogP contribution is -2.24. The Morgan fingerprint density at radius 3 is 2.12 bits per heavy atom. The number of carbonyl (C=O) groups excluding carboxylic acids is 1. The van der Waals surface area contributed by atoms with E-state index in [0.717, 1.165) is 0 Å². The van der Waals surface area contributed by atoms with Crippen LogP contribution in [0.4, 0.5) is 11.6 Å². The van der Waals surface area contributed by atoms with Crippen molar-refractivity contribution in [1.29, 1.82) is 0 Å². The minimum absolute atomic E-state index is 0. The van der Waals surface area contributed by atoms with Crippen molar-refractivity contribution in [2.24, 2.45) is 16.5 Å². The van der Waals surface area contributed by atoms with Crippen molar-refractivity contribution < 1.29 is 4.79 Å². The monoisotopic (exact) mass is 301 g/mol. The lowest BCUT2D eigenvalue weighted by Gasteiger charge is -2.02. The van der Waals surface area contributed by atoms with Gasteiger partial charge in [0.1, 0.15) is 0 Å². The molecule has 0 radical (unpaired) electrons. The van der Waals surface area contributed by atoms with Crippen LogP contribution in [-0.2, 0) is 0 Å². The molecular weight excluding hydrogens is 292 g/mol. The van der Waals surface area contributed by atoms with Gasteiger partial charge < -0.3 is 22.9 Å². The molecule has 8 nitrogen and oxygen atoms in total. The Bertz CT molecular complexity index is 445. The van der Waals surface area contributed by atoms with Gasteiger partial charge in [-0.05, 0) is 0 Å². The van der Waals surface area contributed by atoms with E-state index in [2.05, 4.69) is 15.0 Å². The number of aliphatic imine (C=N–C) groups is 1. The van der Waals surface area contributed by atoms with Crippen LogP contribution in [0.15, 0.2) is 4.99 Å². The Balaban J connectivity index is 0. The van der Waals surface area contributed by atoms with Gasteiger partial charge >= 0.3 is 5.91 Å². The van der Waals surface area contributed by atoms with Crippen LogP contribution in [0.5, 0.6) is 0 Å². The summed E-state index contributed by atoms with van der Waals surface area (Å²) in [5.41, 5.74) is 20.5. The summed E-state index contributed by atoms with van der Waals surface area (Å²) in [7, 11) is 0. The number of nitrogen functional groups attached to an aromatic ring is 2. The number of rotatable bonds is 1. The van der Waals surface area contributed by atoms with E-state index >= 15 is 0 Å². The SMILES string of the molecule is Cl.Cl.NC(N)=NC(=O)c1nc(Cl)c(N)nc1N. The number of nitrogens with two attached hydrogens (primary N) is 4. The van der Waals surface area contributed by atoms with Crippen LogP contribution in [0.25, 0.3) is 0 Å². The predicted molar refractivity (Wildman–Crippen MR) is 70.5 cm³/mol. The van der Waals surface area contributed by atoms with Crippen molar-refractivity contribution in [3.05, 3.63) is 10.8 Å². The van der Waals surface area contributed by atoms with Crippen LogP contribution in [0.1, 0.15) is 10.5 Å². The predicted octanol–water partition coefficient (Wildman–Crippen LogP) is -0.448. The summed E-state index contributed by atoms with van der Waals surface area (Å²) in [4.78, 5) is 21.7. The third-order valence-electron chi connectivity index (χ3n) is 1.34. The lowest BCUT2D eigenvalue weighted by molar-refractivity contribution is 0.0998. The molecule has 0 saturated carbocycles. The summed E-state index contributed by atoms with van der Waals surface area (Å²) in [6.45, 7) is 0. The molecule has 0 spiro atoms. The topological polar surface area (TPSA) is 159 Å². The smallest absolute Gasteiger partial charge is 0.302 e. The largest absolute Gasteiger partial charge is 0.382 e. The van der Waals surface area contributed by atoms with E-state index < -0.39 is 11.9 Å². The van der Waals surface area contributed by atoms with Gasteiger partial charge in [-0.2, -0.15) is 4.99 Å². The van der Waals surface area contributed by atoms with Gasteiger partial charge in [0.05, 0.1) is 0 Å². The van der Waals surface area contributed by atoms with Gasteiger partial charge in [0, 0.05) is 0 Å². The van der Waals surface area contributed by atoms with Crippen molar-refractivity contribution in [3.8, 4) is 0 Å². The number of amides is 1. The quantitative estimate of drug-likeness (QED) is 0.403. The number of halogens is 3. The molecule has 0 fully saturated rings. The second-order valence-corrected chi connectivity index (χ2v) is 2.83. The third-order valence-corrected chi connectivity index (χ3v) is 1.62. The highest BCUT2D eigenvalue weighted by molar-refractivity contribution is 6.31. The van der Waals surface area contributed by atoms with Crippen LogP contribution in [0, 0.1) is 0 Å². The van der Waals surface area contributed by atoms with E-state index in [1.165, 1.54) is 0 Å². The Hall–Kier alpha value is -1.51. The Morgan fingerprint density at radius 2 is 1.65 bits per heavy atom. The molecule has 17 heavy (non-hydrogen) atoms. The van der Waals surface area contributed by atoms with Gasteiger partial charge in [-0.3, -0.25) is 4.79 Å². The van der Waals surface area contributed by atoms with E-state index in [1.54, 1.807) is 0 Å². The fourth-order valence-corrected chi connectivity index (χ4v) is 0.896. The number of aromatic nitrogens is 2. The molecule has 1 aromatic heterocycles. The fourth-order valence-electron chi connectivity index (χ4n) is 0.769. The zero-order valence-corrected chi connectivity index (χ0v) is 10.6. The standard InChI is InChI=1S/C6H8ClN7O.2ClH/c7-2-4(9)13-3(8)1(12-2)5(15)14-6(10)11;;/h(H4,8,9,13)(H4,10,11,14,15);2*1H. The molecule has 1 aromatic rings. The summed E-state index contributed by atoms with van der Waals surface area (Å²) in [6, 6.07) is 0. The molecule has 96 valence electrons. The van der Waals surface area contributed by atoms with E-state index in [9.17, 15) is 4.79 Å². The number of hydrogen-bond acceptors (Lipinski definition) is 5. The first kappa shape index (κ1) is 17.9. The first-order valence-electron chi connectivity index (χ1n) is 3.64. The molecule has 1 heterocycles. The van der Waals surface area contributed by atoms with E-state index in [4.69, 9.17) is 34.5 Å². The minimum Gasteiger partial charge on any atom is -0.382 e. The molecule has 0 saturated heterocycles. The molecule has 8 N–H and O–H groups in total. The van der Waals surface area contributed by atoms with Crippen molar-refractivity contribution in [2.45, 2.75) is 0 Å². The molecule has 1 amide bonds. The maximum Gasteiger partial charge on any atom is 0.302 e. The molecule has 0 aliphatic heterocycles. The molecule has 0 aliphatic rings. The second-order valence-electron chi connectivity index (χ2n) is 2.48. The molecule has 1 rings (SSSR count). The number of guanidine groups is 1. The van der Waals surface area contributed by atoms with Crippen LogP contribution >= 0.6 is 36.4 Å². The first-order chi connectivity index (χ1) is 6.91. The number of anilines is 2. The normalized spacial score (nSPS) is 8.53. The molecule has 11 heteroatoms. The Kier molecular flexibility index (Phi) is 7.30. The third kappa shape index (κ3) is 4.47. The maximum absolute atomic E-state index is 11.3. The van der Waals surface area contributed by atoms with Crippen molar-refractivity contribution in [3.63, 3.8) is 0 Å². The first-order valence-corrected chi connectivity index (χ1v) is 4.02. The number of carbonyl (C=O) groups is 1. The van der Waals surface area contributed by atoms with Crippen molar-refractivity contribution in [1.82, 2.24) is 9.97 Å². The zero-order valence-electron chi connectivity index (χ0n) is 8.25. The minimum atomic E-state index is -0.832. The van der Waals surface area contributed by atoms with Crippen LogP contribution < -0.4 is 22.9 Å². The lowest BCUT2D eigenvalue weighted by atomic mass is 10.4. The van der Waals surface area contributed by atoms with Crippen LogP contribution in [0.2, 0.25) is 5.15 Å². The van der Waals surface area contributed by atoms with Gasteiger partial charge in [0.15, 0.2) is 28.4 Å². The van der Waals surface area contributed by atoms with Gasteiger partial charge in [0.25, 0.3) is 0 Å². The Labute approximate surface area is 114 Å². The molecule has 0 unspecified atom stereocenters. The molecule has 0 aromatic carbocycles. The van der Waals surface area contributed by atoms with Gasteiger partial charge in [-0.25, -0.2) is 9.97 Å². The van der Waals surface area contributed by atoms with E-state index in [-0.39, 0.29) is 47.3 Å². The van der Waals surface area contributed by atoms with Crippen LogP contribution in [0.3, 0.4) is 0 Å². The average molecular weight is 303 g/mol. The fraction of sp³-hybridized carbons (Fsp3) is 0. The van der Waals surface area contributed by atoms with Crippen molar-refractivity contribution in [2.75, 3.05) is 11.5 Å².